The van der Waals surface area contributed by atoms with Crippen LogP contribution in [-0.4, -0.2) is 9.91 Å². The van der Waals surface area contributed by atoms with Gasteiger partial charge in [-0.3, -0.25) is 0 Å². The second-order valence-electron chi connectivity index (χ2n) is 2.29. The Labute approximate surface area is 81.3 Å². The average molecular weight is 224 g/mol. The molecule has 1 heterocycles. The summed E-state index contributed by atoms with van der Waals surface area (Å²) in [5.41, 5.74) is -1.35. The maximum Gasteiger partial charge on any atom is 0.459 e. The minimum Gasteiger partial charge on any atom is -0.358 e. The Kier molecular flexibility index (Phi) is 2.65. The van der Waals surface area contributed by atoms with Crippen molar-refractivity contribution in [2.75, 3.05) is 0 Å². The summed E-state index contributed by atoms with van der Waals surface area (Å²) in [6.45, 7) is 0. The van der Waals surface area contributed by atoms with Crippen LogP contribution >= 0.6 is 12.6 Å². The van der Waals surface area contributed by atoms with Gasteiger partial charge in [0.15, 0.2) is 0 Å². The topological polar surface area (TPSA) is 56.0 Å². The first-order chi connectivity index (χ1) is 6.32. The van der Waals surface area contributed by atoms with Gasteiger partial charge in [0.2, 0.25) is 0 Å². The number of rotatable bonds is 1. The van der Waals surface area contributed by atoms with Crippen LogP contribution in [0.4, 0.5) is 19.0 Å². The van der Waals surface area contributed by atoms with Crippen molar-refractivity contribution in [2.24, 2.45) is 0 Å². The number of pyridine rings is 1. The standard InChI is InChI=1S/C6H3F3N2O2S/c7-6(8,9)5-3(14)1-2-4(10-5)11(12)13/h1-2,14H. The molecular formula is C6H3F3N2O2S. The zero-order valence-corrected chi connectivity index (χ0v) is 7.34. The van der Waals surface area contributed by atoms with Crippen LogP contribution in [0.1, 0.15) is 5.69 Å². The molecule has 0 saturated carbocycles. The van der Waals surface area contributed by atoms with Crippen molar-refractivity contribution in [1.29, 1.82) is 0 Å². The predicted molar refractivity (Wildman–Crippen MR) is 43.1 cm³/mol. The molecule has 0 unspecified atom stereocenters. The van der Waals surface area contributed by atoms with Crippen molar-refractivity contribution in [1.82, 2.24) is 4.98 Å². The molecule has 0 atom stereocenters. The molecule has 1 rings (SSSR count). The number of thiol groups is 1. The lowest BCUT2D eigenvalue weighted by Crippen LogP contribution is -2.10. The highest BCUT2D eigenvalue weighted by Crippen LogP contribution is 2.33. The van der Waals surface area contributed by atoms with Crippen molar-refractivity contribution in [3.63, 3.8) is 0 Å². The van der Waals surface area contributed by atoms with Gasteiger partial charge in [-0.2, -0.15) is 13.2 Å². The SMILES string of the molecule is O=[N+]([O-])c1ccc(S)c(C(F)(F)F)n1. The molecule has 0 radical (unpaired) electrons. The lowest BCUT2D eigenvalue weighted by atomic mass is 10.3. The third-order valence-corrected chi connectivity index (χ3v) is 1.68. The van der Waals surface area contributed by atoms with E-state index in [1.54, 1.807) is 0 Å². The van der Waals surface area contributed by atoms with Crippen molar-refractivity contribution in [3.05, 3.63) is 27.9 Å². The van der Waals surface area contributed by atoms with Gasteiger partial charge in [0, 0.05) is 6.07 Å². The number of nitrogens with zero attached hydrogens (tertiary/aromatic N) is 2. The van der Waals surface area contributed by atoms with E-state index in [4.69, 9.17) is 0 Å². The van der Waals surface area contributed by atoms with Gasteiger partial charge in [-0.1, -0.05) is 0 Å². The fraction of sp³-hybridized carbons (Fsp3) is 0.167. The first-order valence-corrected chi connectivity index (χ1v) is 3.68. The normalized spacial score (nSPS) is 11.4. The first-order valence-electron chi connectivity index (χ1n) is 3.24. The summed E-state index contributed by atoms with van der Waals surface area (Å²) in [7, 11) is 0. The van der Waals surface area contributed by atoms with Gasteiger partial charge in [0.25, 0.3) is 5.69 Å². The van der Waals surface area contributed by atoms with Gasteiger partial charge in [-0.15, -0.1) is 12.6 Å². The van der Waals surface area contributed by atoms with Crippen molar-refractivity contribution < 1.29 is 18.1 Å². The Morgan fingerprint density at radius 1 is 1.43 bits per heavy atom. The molecule has 0 aliphatic rings. The molecule has 0 aliphatic heterocycles. The Balaban J connectivity index is 3.29. The second kappa shape index (κ2) is 3.45. The molecule has 0 aromatic carbocycles. The van der Waals surface area contributed by atoms with E-state index in [1.807, 2.05) is 0 Å². The molecule has 0 fully saturated rings. The highest BCUT2D eigenvalue weighted by atomic mass is 32.1. The zero-order chi connectivity index (χ0) is 10.9. The summed E-state index contributed by atoms with van der Waals surface area (Å²) in [6, 6.07) is 1.74. The molecule has 14 heavy (non-hydrogen) atoms. The summed E-state index contributed by atoms with van der Waals surface area (Å²) in [5, 5.41) is 10.1. The number of aromatic nitrogens is 1. The molecule has 1 aromatic rings. The number of hydrogen-bond acceptors (Lipinski definition) is 4. The fourth-order valence-electron chi connectivity index (χ4n) is 0.752. The summed E-state index contributed by atoms with van der Waals surface area (Å²) in [5.74, 6) is -0.852. The van der Waals surface area contributed by atoms with E-state index >= 15 is 0 Å². The van der Waals surface area contributed by atoms with Crippen LogP contribution in [0.25, 0.3) is 0 Å². The van der Waals surface area contributed by atoms with Crippen LogP contribution < -0.4 is 0 Å². The average Bonchev–Trinajstić information content (AvgIpc) is 2.02. The quantitative estimate of drug-likeness (QED) is 0.452. The van der Waals surface area contributed by atoms with Gasteiger partial charge in [-0.25, -0.2) is 0 Å². The summed E-state index contributed by atoms with van der Waals surface area (Å²) in [6.07, 6.45) is -4.73. The van der Waals surface area contributed by atoms with Gasteiger partial charge >= 0.3 is 12.0 Å². The van der Waals surface area contributed by atoms with Crippen LogP contribution in [0.15, 0.2) is 17.0 Å². The molecule has 76 valence electrons. The lowest BCUT2D eigenvalue weighted by molar-refractivity contribution is -0.390. The van der Waals surface area contributed by atoms with E-state index in [1.165, 1.54) is 0 Å². The van der Waals surface area contributed by atoms with Crippen LogP contribution in [0.5, 0.6) is 0 Å². The molecule has 8 heteroatoms. The summed E-state index contributed by atoms with van der Waals surface area (Å²) < 4.78 is 36.5. The van der Waals surface area contributed by atoms with E-state index in [2.05, 4.69) is 17.6 Å². The molecule has 1 aromatic heterocycles. The summed E-state index contributed by atoms with van der Waals surface area (Å²) >= 11 is 3.50. The molecule has 0 amide bonds. The second-order valence-corrected chi connectivity index (χ2v) is 2.77. The van der Waals surface area contributed by atoms with Gasteiger partial charge < -0.3 is 10.1 Å². The van der Waals surface area contributed by atoms with E-state index in [-0.39, 0.29) is 0 Å². The van der Waals surface area contributed by atoms with E-state index in [0.29, 0.717) is 0 Å². The maximum absolute atomic E-state index is 12.2. The van der Waals surface area contributed by atoms with E-state index in [9.17, 15) is 23.3 Å². The van der Waals surface area contributed by atoms with Gasteiger partial charge in [0.05, 0.1) is 4.90 Å². The highest BCUT2D eigenvalue weighted by Gasteiger charge is 2.40. The van der Waals surface area contributed by atoms with Crippen molar-refractivity contribution in [2.45, 2.75) is 11.1 Å². The smallest absolute Gasteiger partial charge is 0.358 e. The van der Waals surface area contributed by atoms with E-state index < -0.39 is 27.5 Å². The fourth-order valence-corrected chi connectivity index (χ4v) is 1.00. The first kappa shape index (κ1) is 10.8. The number of hydrogen-bond donors (Lipinski definition) is 1. The van der Waals surface area contributed by atoms with Crippen molar-refractivity contribution in [3.8, 4) is 0 Å². The zero-order valence-electron chi connectivity index (χ0n) is 6.45. The predicted octanol–water partition coefficient (Wildman–Crippen LogP) is 2.30. The van der Waals surface area contributed by atoms with Crippen LogP contribution in [0.2, 0.25) is 0 Å². The molecule has 0 aliphatic carbocycles. The Bertz CT molecular complexity index is 380. The third kappa shape index (κ3) is 2.13. The number of nitro groups is 1. The molecule has 0 bridgehead atoms. The maximum atomic E-state index is 12.2. The van der Waals surface area contributed by atoms with Gasteiger partial charge in [-0.05, 0) is 16.0 Å². The monoisotopic (exact) mass is 224 g/mol. The van der Waals surface area contributed by atoms with Crippen LogP contribution in [0, 0.1) is 10.1 Å². The number of alkyl halides is 3. The molecule has 0 saturated heterocycles. The molecular weight excluding hydrogens is 221 g/mol. The molecule has 0 N–H and O–H groups in total. The molecule has 0 spiro atoms. The lowest BCUT2D eigenvalue weighted by Gasteiger charge is -2.03. The highest BCUT2D eigenvalue weighted by molar-refractivity contribution is 7.80. The Morgan fingerprint density at radius 2 is 2.00 bits per heavy atom. The Morgan fingerprint density at radius 3 is 2.43 bits per heavy atom. The Hall–Kier alpha value is -1.31. The van der Waals surface area contributed by atoms with E-state index in [0.717, 1.165) is 12.1 Å². The van der Waals surface area contributed by atoms with Crippen LogP contribution in [0.3, 0.4) is 0 Å². The summed E-state index contributed by atoms with van der Waals surface area (Å²) in [4.78, 5) is 11.5. The van der Waals surface area contributed by atoms with Crippen molar-refractivity contribution >= 4 is 18.4 Å². The van der Waals surface area contributed by atoms with Gasteiger partial charge in [0.1, 0.15) is 0 Å². The molecule has 4 nitrogen and oxygen atoms in total. The minimum absolute atomic E-state index is 0.442. The number of halogens is 3. The minimum atomic E-state index is -4.73. The third-order valence-electron chi connectivity index (χ3n) is 1.31. The largest absolute Gasteiger partial charge is 0.459 e. The van der Waals surface area contributed by atoms with Crippen LogP contribution in [-0.2, 0) is 6.18 Å².